The number of methoxy groups -OCH3 is 1. The van der Waals surface area contributed by atoms with Crippen LogP contribution in [0.25, 0.3) is 91.1 Å². The van der Waals surface area contributed by atoms with E-state index in [-0.39, 0.29) is 25.0 Å². The monoisotopic (exact) mass is 1830 g/mol. The number of ether oxygens (including phenoxy) is 1. The Hall–Kier alpha value is -12.2. The van der Waals surface area contributed by atoms with Crippen LogP contribution in [0.4, 0.5) is 17.6 Å². The van der Waals surface area contributed by atoms with Crippen molar-refractivity contribution in [2.45, 2.75) is 60.1 Å². The highest BCUT2D eigenvalue weighted by molar-refractivity contribution is 8.00. The molecule has 626 valence electrons. The second-order valence-corrected chi connectivity index (χ2v) is 38.9. The zero-order valence-corrected chi connectivity index (χ0v) is 73.3. The Bertz CT molecular complexity index is 6990. The molecule has 123 heavy (non-hydrogen) atoms. The molecule has 0 bridgehead atoms. The highest BCUT2D eigenvalue weighted by atomic mass is 35.5. The van der Waals surface area contributed by atoms with E-state index in [1.165, 1.54) is 103 Å². The molecule has 13 heterocycles. The van der Waals surface area contributed by atoms with Crippen molar-refractivity contribution in [2.75, 3.05) is 32.1 Å². The number of imidazole rings is 4. The minimum Gasteiger partial charge on any atom is -0.494 e. The van der Waals surface area contributed by atoms with E-state index in [0.717, 1.165) is 81.2 Å². The predicted molar refractivity (Wildman–Crippen MR) is 460 cm³/mol. The molecule has 0 aliphatic carbocycles. The fourth-order valence-electron chi connectivity index (χ4n) is 11.5. The van der Waals surface area contributed by atoms with Crippen molar-refractivity contribution in [2.24, 2.45) is 28.2 Å². The number of benzene rings is 3. The number of nitrogens with zero attached hydrogens (tertiary/aromatic N) is 18. The summed E-state index contributed by atoms with van der Waals surface area (Å²) in [5.41, 5.74) is 7.52. The Labute approximate surface area is 725 Å². The molecule has 0 saturated carbocycles. The molecule has 0 unspecified atom stereocenters. The molecule has 0 aliphatic rings. The first-order valence-electron chi connectivity index (χ1n) is 36.0. The van der Waals surface area contributed by atoms with E-state index in [0.29, 0.717) is 111 Å². The number of hydrogen-bond donors (Lipinski definition) is 0. The predicted octanol–water partition coefficient (Wildman–Crippen LogP) is 16.4. The molecule has 0 N–H and O–H groups in total. The number of pyridine rings is 8. The molecule has 13 aromatic heterocycles. The highest BCUT2D eigenvalue weighted by Crippen LogP contribution is 2.44. The van der Waals surface area contributed by atoms with Gasteiger partial charge in [-0.25, -0.2) is 101 Å². The smallest absolute Gasteiger partial charge is 0.194 e. The van der Waals surface area contributed by atoms with Gasteiger partial charge in [0.15, 0.2) is 105 Å². The maximum atomic E-state index is 14.3. The first-order valence-corrected chi connectivity index (χ1v) is 47.2. The lowest BCUT2D eigenvalue weighted by molar-refractivity contribution is 0.409. The van der Waals surface area contributed by atoms with Crippen LogP contribution in [0.5, 0.6) is 5.75 Å². The van der Waals surface area contributed by atoms with Crippen LogP contribution >= 0.6 is 58.6 Å². The van der Waals surface area contributed by atoms with Crippen LogP contribution in [0.15, 0.2) is 304 Å². The van der Waals surface area contributed by atoms with E-state index in [4.69, 9.17) is 31.3 Å². The van der Waals surface area contributed by atoms with Crippen molar-refractivity contribution >= 4 is 98.0 Å². The molecule has 0 saturated heterocycles. The number of hydrogen-bond acceptors (Lipinski definition) is 27. The lowest BCUT2D eigenvalue weighted by Crippen LogP contribution is -2.00. The molecule has 0 aliphatic heterocycles. The van der Waals surface area contributed by atoms with Gasteiger partial charge in [-0.2, -0.15) is 0 Å². The van der Waals surface area contributed by atoms with Gasteiger partial charge >= 0.3 is 0 Å². The van der Waals surface area contributed by atoms with E-state index in [1.807, 2.05) is 102 Å². The molecule has 27 nitrogen and oxygen atoms in total. The SMILES string of the molecule is COc1cnc(Sc2c(-c3ccc(S(C)(=O)=O)nc3)nc(-c3ccccn3)n2C)nc1.Cn1c(-c2ccccn2)nc(-c2ccc(S(C)(=O)=O)nc2)c1Sc1ccc(Cl)cc1.Cn1c(-c2ccccn2)nc(-c2ccc(S(C)(=O)=O)nc2)c1Sc1ccc(F)c(F)c1.Cn1c(-c2ccccn2)nc(-c2ccc(S(C)(=O)=O)nc2)c1Sc1ccc(F)cc1F. The molecular weight excluding hydrogens is 1760 g/mol. The molecular formula is C83H67ClF4N18O9S8. The Balaban J connectivity index is 0.000000141. The van der Waals surface area contributed by atoms with Crippen molar-refractivity contribution in [3.8, 4) is 96.9 Å². The lowest BCUT2D eigenvalue weighted by atomic mass is 10.2. The fraction of sp³-hybridized carbons (Fsp3) is 0.108. The van der Waals surface area contributed by atoms with Gasteiger partial charge in [-0.1, -0.05) is 71.2 Å². The maximum absolute atomic E-state index is 14.3. The average Bonchev–Trinajstić information content (AvgIpc) is 1.65. The normalized spacial score (nSPS) is 11.6. The van der Waals surface area contributed by atoms with Gasteiger partial charge in [0.2, 0.25) is 0 Å². The molecule has 16 rings (SSSR count). The second kappa shape index (κ2) is 38.1. The van der Waals surface area contributed by atoms with E-state index in [9.17, 15) is 51.2 Å². The van der Waals surface area contributed by atoms with E-state index in [2.05, 4.69) is 54.8 Å². The van der Waals surface area contributed by atoms with Gasteiger partial charge in [-0.15, -0.1) is 0 Å². The number of sulfone groups is 4. The Morgan fingerprint density at radius 2 is 0.667 bits per heavy atom. The largest absolute Gasteiger partial charge is 0.494 e. The van der Waals surface area contributed by atoms with Crippen molar-refractivity contribution in [3.63, 3.8) is 0 Å². The van der Waals surface area contributed by atoms with Crippen LogP contribution in [-0.2, 0) is 67.5 Å². The summed E-state index contributed by atoms with van der Waals surface area (Å²) in [6.45, 7) is 0. The molecule has 0 atom stereocenters. The summed E-state index contributed by atoms with van der Waals surface area (Å²) < 4.78 is 161. The quantitative estimate of drug-likeness (QED) is 0.0476. The van der Waals surface area contributed by atoms with Crippen molar-refractivity contribution in [1.29, 1.82) is 0 Å². The molecule has 0 radical (unpaired) electrons. The van der Waals surface area contributed by atoms with Gasteiger partial charge in [0.25, 0.3) is 0 Å². The van der Waals surface area contributed by atoms with Crippen LogP contribution in [0.3, 0.4) is 0 Å². The molecule has 0 fully saturated rings. The molecule has 0 spiro atoms. The van der Waals surface area contributed by atoms with Crippen LogP contribution in [0.2, 0.25) is 5.02 Å². The minimum absolute atomic E-state index is 0.00446. The van der Waals surface area contributed by atoms with Crippen LogP contribution < -0.4 is 4.74 Å². The van der Waals surface area contributed by atoms with Crippen molar-refractivity contribution in [3.05, 3.63) is 272 Å². The standard InChI is InChI=1S/C21H17ClN4O2S2.2C21H16F2N4O2S2.C20H18N6O3S2/c1-26-20(17-5-3-4-12-23-17)25-19(14-6-11-18(24-13-14)30(2,27)28)21(26)29-16-9-7-15(22)8-10-16;1-27-20(16-5-3-4-10-24-16)26-19(13-6-9-18(25-12-13)31(2,28)29)21(27)30-17-8-7-14(22)11-15(17)23;1-27-20(17-5-3-4-10-24-17)26-19(13-6-9-18(25-12-13)31(2,28)29)21(27)30-14-7-8-15(22)16(23)11-14;1-26-18(15-6-4-5-9-21-15)25-17(13-7-8-16(22-10-13)31(3,27)28)19(26)30-20-23-11-14(29-2)12-24-20/h3-13H,1-2H3;2*3-12H,1-2H3;4-12H,1-3H3. The van der Waals surface area contributed by atoms with E-state index < -0.39 is 62.6 Å². The summed E-state index contributed by atoms with van der Waals surface area (Å²) in [5, 5.41) is 3.96. The third-order valence-electron chi connectivity index (χ3n) is 17.6. The molecule has 16 aromatic rings. The van der Waals surface area contributed by atoms with Crippen LogP contribution in [0, 0.1) is 23.3 Å². The Morgan fingerprint density at radius 3 is 0.967 bits per heavy atom. The van der Waals surface area contributed by atoms with Crippen LogP contribution in [-0.4, -0.2) is 154 Å². The molecule has 40 heteroatoms. The zero-order valence-electron chi connectivity index (χ0n) is 66.0. The molecule has 3 aromatic carbocycles. The summed E-state index contributed by atoms with van der Waals surface area (Å²) in [5.74, 6) is -0.218. The fourth-order valence-corrected chi connectivity index (χ4v) is 17.7. The average molecular weight is 1830 g/mol. The topological polar surface area (TPSA) is 346 Å². The van der Waals surface area contributed by atoms with Gasteiger partial charge in [-0.3, -0.25) is 19.9 Å². The van der Waals surface area contributed by atoms with Gasteiger partial charge in [0, 0.05) is 151 Å². The molecule has 0 amide bonds. The second-order valence-electron chi connectivity index (χ2n) is 26.5. The highest BCUT2D eigenvalue weighted by Gasteiger charge is 2.27. The number of rotatable bonds is 21. The van der Waals surface area contributed by atoms with Gasteiger partial charge < -0.3 is 23.0 Å². The van der Waals surface area contributed by atoms with Gasteiger partial charge in [0.05, 0.1) is 19.5 Å². The number of halogens is 5. The van der Waals surface area contributed by atoms with Crippen molar-refractivity contribution in [1.82, 2.24) is 88.0 Å². The Kier molecular flexibility index (Phi) is 27.4. The zero-order chi connectivity index (χ0) is 87.7. The van der Waals surface area contributed by atoms with E-state index >= 15 is 0 Å². The third-order valence-corrected chi connectivity index (χ3v) is 26.4. The first-order chi connectivity index (χ1) is 58.7. The van der Waals surface area contributed by atoms with Gasteiger partial charge in [0.1, 0.15) is 77.3 Å². The maximum Gasteiger partial charge on any atom is 0.194 e. The summed E-state index contributed by atoms with van der Waals surface area (Å²) in [7, 11) is -4.75. The van der Waals surface area contributed by atoms with Gasteiger partial charge in [-0.05, 0) is 163 Å². The summed E-state index contributed by atoms with van der Waals surface area (Å²) in [4.78, 5) is 63.1. The van der Waals surface area contributed by atoms with Crippen LogP contribution in [0.1, 0.15) is 0 Å². The summed E-state index contributed by atoms with van der Waals surface area (Å²) in [6.07, 6.45) is 20.2. The summed E-state index contributed by atoms with van der Waals surface area (Å²) >= 11 is 11.2. The number of aromatic nitrogens is 18. The van der Waals surface area contributed by atoms with Crippen molar-refractivity contribution < 1.29 is 56.0 Å². The minimum atomic E-state index is -3.45. The lowest BCUT2D eigenvalue weighted by Gasteiger charge is -2.08. The third kappa shape index (κ3) is 21.5. The summed E-state index contributed by atoms with van der Waals surface area (Å²) in [6, 6.07) is 49.0. The Morgan fingerprint density at radius 1 is 0.333 bits per heavy atom. The van der Waals surface area contributed by atoms with E-state index in [1.54, 1.807) is 110 Å². The first kappa shape index (κ1) is 88.6.